The molecule has 0 aliphatic carbocycles. The molecule has 1 amide bonds. The fourth-order valence-corrected chi connectivity index (χ4v) is 5.32. The van der Waals surface area contributed by atoms with Crippen molar-refractivity contribution < 1.29 is 4.79 Å². The summed E-state index contributed by atoms with van der Waals surface area (Å²) in [4.78, 5) is 16.3. The number of nitrogens with zero attached hydrogens (tertiary/aromatic N) is 3. The molecule has 0 bridgehead atoms. The summed E-state index contributed by atoms with van der Waals surface area (Å²) in [5, 5.41) is 4.87. The molecule has 0 unspecified atom stereocenters. The van der Waals surface area contributed by atoms with Crippen LogP contribution >= 0.6 is 35.7 Å². The van der Waals surface area contributed by atoms with Gasteiger partial charge in [-0.15, -0.1) is 18.3 Å². The van der Waals surface area contributed by atoms with Gasteiger partial charge >= 0.3 is 0 Å². The number of benzene rings is 2. The Labute approximate surface area is 202 Å². The van der Waals surface area contributed by atoms with Crippen LogP contribution in [0.4, 0.5) is 0 Å². The minimum Gasteiger partial charge on any atom is -0.289 e. The zero-order chi connectivity index (χ0) is 22.5. The molecule has 1 aliphatic rings. The van der Waals surface area contributed by atoms with Crippen molar-refractivity contribution in [2.45, 2.75) is 18.2 Å². The van der Waals surface area contributed by atoms with Crippen LogP contribution in [0.5, 0.6) is 0 Å². The number of amides is 1. The second kappa shape index (κ2) is 10.3. The van der Waals surface area contributed by atoms with E-state index in [0.717, 1.165) is 34.7 Å². The van der Waals surface area contributed by atoms with Crippen molar-refractivity contribution in [2.75, 3.05) is 12.3 Å². The van der Waals surface area contributed by atoms with Gasteiger partial charge in [0.25, 0.3) is 5.91 Å². The molecule has 4 rings (SSSR count). The van der Waals surface area contributed by atoms with Crippen LogP contribution in [0.15, 0.2) is 83.2 Å². The molecule has 0 spiro atoms. The van der Waals surface area contributed by atoms with E-state index in [1.807, 2.05) is 59.0 Å². The van der Waals surface area contributed by atoms with E-state index in [-0.39, 0.29) is 5.91 Å². The molecular weight excluding hydrogens is 454 g/mol. The average Bonchev–Trinajstić information content (AvgIpc) is 3.35. The van der Waals surface area contributed by atoms with E-state index in [1.54, 1.807) is 11.0 Å². The number of carbonyl (C=O) groups is 1. The Bertz CT molecular complexity index is 1170. The lowest BCUT2D eigenvalue weighted by atomic mass is 10.1. The monoisotopic (exact) mass is 477 g/mol. The van der Waals surface area contributed by atoms with E-state index in [0.29, 0.717) is 15.8 Å². The van der Waals surface area contributed by atoms with Crippen LogP contribution in [0.3, 0.4) is 0 Å². The normalized spacial score (nSPS) is 15.0. The van der Waals surface area contributed by atoms with Gasteiger partial charge in [0.2, 0.25) is 0 Å². The molecular formula is C25H23N3OS3. The summed E-state index contributed by atoms with van der Waals surface area (Å²) >= 11 is 8.56. The summed E-state index contributed by atoms with van der Waals surface area (Å²) in [6, 6.07) is 18.4. The number of rotatable bonds is 8. The topological polar surface area (TPSA) is 38.1 Å². The van der Waals surface area contributed by atoms with Crippen LogP contribution in [-0.4, -0.2) is 37.2 Å². The first kappa shape index (κ1) is 22.6. The molecule has 3 aromatic rings. The molecule has 162 valence electrons. The predicted octanol–water partition coefficient (Wildman–Crippen LogP) is 6.43. The quantitative estimate of drug-likeness (QED) is 0.162. The molecule has 1 fully saturated rings. The second-order valence-corrected chi connectivity index (χ2v) is 10.0. The van der Waals surface area contributed by atoms with Crippen molar-refractivity contribution in [3.05, 3.63) is 83.9 Å². The highest BCUT2D eigenvalue weighted by atomic mass is 32.2. The highest BCUT2D eigenvalue weighted by Crippen LogP contribution is 2.35. The lowest BCUT2D eigenvalue weighted by Crippen LogP contribution is -2.27. The van der Waals surface area contributed by atoms with Crippen molar-refractivity contribution >= 4 is 52.0 Å². The Hall–Kier alpha value is -2.61. The summed E-state index contributed by atoms with van der Waals surface area (Å²) in [5.74, 6) is 1.00. The SMILES string of the molecule is C=CCN1C(=O)C(=Cc2cn(-c3ccccc3)nc2-c2ccc(SCCC)cc2)SC1=S. The van der Waals surface area contributed by atoms with Crippen molar-refractivity contribution in [1.29, 1.82) is 0 Å². The van der Waals surface area contributed by atoms with Crippen molar-refractivity contribution in [3.8, 4) is 16.9 Å². The molecule has 1 aliphatic heterocycles. The molecule has 0 atom stereocenters. The van der Waals surface area contributed by atoms with E-state index in [9.17, 15) is 4.79 Å². The van der Waals surface area contributed by atoms with Crippen LogP contribution in [0.25, 0.3) is 23.0 Å². The van der Waals surface area contributed by atoms with Crippen molar-refractivity contribution in [3.63, 3.8) is 0 Å². The summed E-state index contributed by atoms with van der Waals surface area (Å²) in [6.07, 6.45) is 6.68. The van der Waals surface area contributed by atoms with Crippen molar-refractivity contribution in [2.24, 2.45) is 0 Å². The van der Waals surface area contributed by atoms with Gasteiger partial charge in [-0.2, -0.15) is 5.10 Å². The molecule has 4 nitrogen and oxygen atoms in total. The average molecular weight is 478 g/mol. The number of thiocarbonyl (C=S) groups is 1. The zero-order valence-corrected chi connectivity index (χ0v) is 20.2. The predicted molar refractivity (Wildman–Crippen MR) is 140 cm³/mol. The van der Waals surface area contributed by atoms with Crippen LogP contribution in [0.1, 0.15) is 18.9 Å². The van der Waals surface area contributed by atoms with Crippen LogP contribution in [-0.2, 0) is 4.79 Å². The molecule has 32 heavy (non-hydrogen) atoms. The number of para-hydroxylation sites is 1. The van der Waals surface area contributed by atoms with Gasteiger partial charge in [0.05, 0.1) is 16.3 Å². The van der Waals surface area contributed by atoms with Gasteiger partial charge in [0, 0.05) is 28.8 Å². The van der Waals surface area contributed by atoms with E-state index in [4.69, 9.17) is 17.3 Å². The fourth-order valence-electron chi connectivity index (χ4n) is 3.29. The standard InChI is InChI=1S/C25H23N3OS3/c1-3-14-27-24(29)22(32-25(27)30)16-19-17-28(20-8-6-5-7-9-20)26-23(19)18-10-12-21(13-11-18)31-15-4-2/h3,5-13,16-17H,1,4,14-15H2,2H3. The smallest absolute Gasteiger partial charge is 0.266 e. The van der Waals surface area contributed by atoms with E-state index < -0.39 is 0 Å². The maximum absolute atomic E-state index is 12.9. The lowest BCUT2D eigenvalue weighted by molar-refractivity contribution is -0.121. The van der Waals surface area contributed by atoms with E-state index in [2.05, 4.69) is 37.8 Å². The largest absolute Gasteiger partial charge is 0.289 e. The molecule has 1 saturated heterocycles. The number of hydrogen-bond acceptors (Lipinski definition) is 5. The van der Waals surface area contributed by atoms with E-state index >= 15 is 0 Å². The maximum Gasteiger partial charge on any atom is 0.266 e. The first-order valence-electron chi connectivity index (χ1n) is 10.3. The van der Waals surface area contributed by atoms with Gasteiger partial charge in [-0.1, -0.05) is 67.3 Å². The molecule has 2 heterocycles. The Morgan fingerprint density at radius 3 is 2.59 bits per heavy atom. The number of carbonyl (C=O) groups excluding carboxylic acids is 1. The van der Waals surface area contributed by atoms with Gasteiger partial charge in [0.15, 0.2) is 0 Å². The first-order chi connectivity index (χ1) is 15.6. The zero-order valence-electron chi connectivity index (χ0n) is 17.7. The Morgan fingerprint density at radius 1 is 1.16 bits per heavy atom. The number of aromatic nitrogens is 2. The molecule has 0 saturated carbocycles. The Balaban J connectivity index is 1.74. The second-order valence-electron chi connectivity index (χ2n) is 7.17. The minimum atomic E-state index is -0.0929. The Kier molecular flexibility index (Phi) is 7.29. The third kappa shape index (κ3) is 4.90. The molecule has 0 N–H and O–H groups in total. The molecule has 0 radical (unpaired) electrons. The van der Waals surface area contributed by atoms with Crippen LogP contribution in [0, 0.1) is 0 Å². The highest BCUT2D eigenvalue weighted by molar-refractivity contribution is 8.26. The summed E-state index contributed by atoms with van der Waals surface area (Å²) in [5.41, 5.74) is 3.67. The minimum absolute atomic E-state index is 0.0929. The van der Waals surface area contributed by atoms with Crippen LogP contribution in [0.2, 0.25) is 0 Å². The van der Waals surface area contributed by atoms with E-state index in [1.165, 1.54) is 16.7 Å². The van der Waals surface area contributed by atoms with Crippen LogP contribution < -0.4 is 0 Å². The summed E-state index contributed by atoms with van der Waals surface area (Å²) < 4.78 is 2.40. The van der Waals surface area contributed by atoms with Gasteiger partial charge in [-0.3, -0.25) is 9.69 Å². The highest BCUT2D eigenvalue weighted by Gasteiger charge is 2.31. The molecule has 7 heteroatoms. The number of thioether (sulfide) groups is 2. The molecule has 2 aromatic carbocycles. The first-order valence-corrected chi connectivity index (χ1v) is 12.6. The summed E-state index contributed by atoms with van der Waals surface area (Å²) in [6.45, 7) is 6.31. The van der Waals surface area contributed by atoms with Gasteiger partial charge < -0.3 is 0 Å². The number of hydrogen-bond donors (Lipinski definition) is 0. The van der Waals surface area contributed by atoms with Gasteiger partial charge in [-0.05, 0) is 42.5 Å². The van der Waals surface area contributed by atoms with Gasteiger partial charge in [-0.25, -0.2) is 4.68 Å². The lowest BCUT2D eigenvalue weighted by Gasteiger charge is -2.10. The Morgan fingerprint density at radius 2 is 1.91 bits per heavy atom. The van der Waals surface area contributed by atoms with Gasteiger partial charge in [0.1, 0.15) is 4.32 Å². The van der Waals surface area contributed by atoms with Crippen molar-refractivity contribution in [1.82, 2.24) is 14.7 Å². The fraction of sp³-hybridized carbons (Fsp3) is 0.160. The third-order valence-corrected chi connectivity index (χ3v) is 7.43. The molecule has 1 aromatic heterocycles. The maximum atomic E-state index is 12.9. The third-order valence-electron chi connectivity index (χ3n) is 4.84. The summed E-state index contributed by atoms with van der Waals surface area (Å²) in [7, 11) is 0.